The smallest absolute Gasteiger partial charge is 0.0938 e. The average molecular weight is 200 g/mol. The van der Waals surface area contributed by atoms with E-state index in [2.05, 4.69) is 17.1 Å². The molecule has 0 saturated carbocycles. The van der Waals surface area contributed by atoms with Gasteiger partial charge in [-0.25, -0.2) is 0 Å². The minimum atomic E-state index is -0.548. The molecule has 2 fully saturated rings. The summed E-state index contributed by atoms with van der Waals surface area (Å²) in [6, 6.07) is 0.506. The molecule has 0 radical (unpaired) electrons. The molecule has 82 valence electrons. The zero-order chi connectivity index (χ0) is 10.1. The Balaban J connectivity index is 1.95. The Morgan fingerprint density at radius 3 is 2.43 bits per heavy atom. The standard InChI is InChI=1S/C10H20N2O2/c1-2-7-3-11-4-8(7)12-5-9(13)10(14)6-12/h7-11,13-14H,2-6H2,1H3. The van der Waals surface area contributed by atoms with Gasteiger partial charge >= 0.3 is 0 Å². The molecule has 4 atom stereocenters. The monoisotopic (exact) mass is 200 g/mol. The minimum absolute atomic E-state index is 0.506. The van der Waals surface area contributed by atoms with Gasteiger partial charge in [-0.2, -0.15) is 0 Å². The maximum atomic E-state index is 9.48. The van der Waals surface area contributed by atoms with Gasteiger partial charge in [0, 0.05) is 25.7 Å². The third kappa shape index (κ3) is 1.80. The Morgan fingerprint density at radius 2 is 1.86 bits per heavy atom. The van der Waals surface area contributed by atoms with Gasteiger partial charge in [0.25, 0.3) is 0 Å². The number of hydrogen-bond acceptors (Lipinski definition) is 4. The Kier molecular flexibility index (Phi) is 3.07. The van der Waals surface area contributed by atoms with Gasteiger partial charge in [0.1, 0.15) is 0 Å². The van der Waals surface area contributed by atoms with E-state index in [0.717, 1.165) is 13.1 Å². The highest BCUT2D eigenvalue weighted by Gasteiger charge is 2.38. The van der Waals surface area contributed by atoms with Crippen molar-refractivity contribution in [3.63, 3.8) is 0 Å². The highest BCUT2D eigenvalue weighted by Crippen LogP contribution is 2.23. The van der Waals surface area contributed by atoms with Gasteiger partial charge in [-0.1, -0.05) is 13.3 Å². The van der Waals surface area contributed by atoms with E-state index in [1.165, 1.54) is 6.42 Å². The molecule has 0 amide bonds. The number of hydrogen-bond donors (Lipinski definition) is 3. The van der Waals surface area contributed by atoms with E-state index in [1.54, 1.807) is 0 Å². The minimum Gasteiger partial charge on any atom is -0.389 e. The van der Waals surface area contributed by atoms with E-state index in [4.69, 9.17) is 0 Å². The van der Waals surface area contributed by atoms with Gasteiger partial charge in [0.15, 0.2) is 0 Å². The number of nitrogens with zero attached hydrogens (tertiary/aromatic N) is 1. The van der Waals surface area contributed by atoms with E-state index in [-0.39, 0.29) is 0 Å². The molecular weight excluding hydrogens is 180 g/mol. The summed E-state index contributed by atoms with van der Waals surface area (Å²) in [7, 11) is 0. The van der Waals surface area contributed by atoms with Crippen LogP contribution >= 0.6 is 0 Å². The molecule has 4 heteroatoms. The van der Waals surface area contributed by atoms with Crippen LogP contribution in [0.5, 0.6) is 0 Å². The molecule has 2 saturated heterocycles. The first-order valence-electron chi connectivity index (χ1n) is 5.53. The predicted molar refractivity (Wildman–Crippen MR) is 54.0 cm³/mol. The van der Waals surface area contributed by atoms with E-state index in [1.807, 2.05) is 0 Å². The number of aliphatic hydroxyl groups excluding tert-OH is 2. The Labute approximate surface area is 84.9 Å². The maximum absolute atomic E-state index is 9.48. The molecule has 4 nitrogen and oxygen atoms in total. The quantitative estimate of drug-likeness (QED) is 0.536. The fourth-order valence-corrected chi connectivity index (χ4v) is 2.63. The molecule has 0 aromatic carbocycles. The van der Waals surface area contributed by atoms with Crippen LogP contribution in [0, 0.1) is 5.92 Å². The lowest BCUT2D eigenvalue weighted by Gasteiger charge is -2.27. The molecule has 0 aromatic heterocycles. The summed E-state index contributed by atoms with van der Waals surface area (Å²) in [6.45, 7) is 5.53. The van der Waals surface area contributed by atoms with Crippen molar-refractivity contribution in [2.24, 2.45) is 5.92 Å². The lowest BCUT2D eigenvalue weighted by Crippen LogP contribution is -2.39. The van der Waals surface area contributed by atoms with Crippen LogP contribution in [0.4, 0.5) is 0 Å². The highest BCUT2D eigenvalue weighted by atomic mass is 16.3. The van der Waals surface area contributed by atoms with Crippen molar-refractivity contribution in [2.45, 2.75) is 31.6 Å². The summed E-state index contributed by atoms with van der Waals surface area (Å²) in [5.74, 6) is 0.674. The summed E-state index contributed by atoms with van der Waals surface area (Å²) in [6.07, 6.45) is 0.0709. The lowest BCUT2D eigenvalue weighted by molar-refractivity contribution is 0.0572. The molecule has 0 aromatic rings. The van der Waals surface area contributed by atoms with E-state index >= 15 is 0 Å². The van der Waals surface area contributed by atoms with Crippen molar-refractivity contribution in [3.05, 3.63) is 0 Å². The Morgan fingerprint density at radius 1 is 1.21 bits per heavy atom. The zero-order valence-electron chi connectivity index (χ0n) is 8.69. The molecule has 0 bridgehead atoms. The SMILES string of the molecule is CCC1CNCC1N1CC(O)C(O)C1. The van der Waals surface area contributed by atoms with Crippen molar-refractivity contribution < 1.29 is 10.2 Å². The molecule has 0 spiro atoms. The van der Waals surface area contributed by atoms with E-state index in [0.29, 0.717) is 25.0 Å². The van der Waals surface area contributed by atoms with Gasteiger partial charge < -0.3 is 15.5 Å². The van der Waals surface area contributed by atoms with Crippen LogP contribution in [-0.2, 0) is 0 Å². The number of likely N-dealkylation sites (tertiary alicyclic amines) is 1. The van der Waals surface area contributed by atoms with Crippen LogP contribution in [-0.4, -0.2) is 59.5 Å². The average Bonchev–Trinajstić information content (AvgIpc) is 2.73. The lowest BCUT2D eigenvalue weighted by atomic mass is 10.00. The van der Waals surface area contributed by atoms with Crippen LogP contribution in [0.1, 0.15) is 13.3 Å². The fraction of sp³-hybridized carbons (Fsp3) is 1.00. The van der Waals surface area contributed by atoms with Crippen molar-refractivity contribution in [3.8, 4) is 0 Å². The highest BCUT2D eigenvalue weighted by molar-refractivity contribution is 4.94. The number of aliphatic hydroxyl groups is 2. The molecule has 2 aliphatic heterocycles. The fourth-order valence-electron chi connectivity index (χ4n) is 2.63. The second-order valence-electron chi connectivity index (χ2n) is 4.48. The van der Waals surface area contributed by atoms with E-state index < -0.39 is 12.2 Å². The zero-order valence-corrected chi connectivity index (χ0v) is 8.69. The molecule has 2 rings (SSSR count). The molecule has 0 aliphatic carbocycles. The van der Waals surface area contributed by atoms with Crippen molar-refractivity contribution in [1.29, 1.82) is 0 Å². The van der Waals surface area contributed by atoms with Gasteiger partial charge in [0.2, 0.25) is 0 Å². The first-order chi connectivity index (χ1) is 6.72. The number of nitrogens with one attached hydrogen (secondary N) is 1. The Hall–Kier alpha value is -0.160. The second kappa shape index (κ2) is 4.14. The Bertz CT molecular complexity index is 191. The molecular formula is C10H20N2O2. The first-order valence-corrected chi connectivity index (χ1v) is 5.53. The van der Waals surface area contributed by atoms with Gasteiger partial charge in [-0.15, -0.1) is 0 Å². The second-order valence-corrected chi connectivity index (χ2v) is 4.48. The predicted octanol–water partition coefficient (Wildman–Crippen LogP) is -0.978. The van der Waals surface area contributed by atoms with Gasteiger partial charge in [-0.05, 0) is 12.5 Å². The molecule has 2 heterocycles. The molecule has 4 unspecified atom stereocenters. The largest absolute Gasteiger partial charge is 0.389 e. The van der Waals surface area contributed by atoms with Crippen molar-refractivity contribution in [1.82, 2.24) is 10.2 Å². The van der Waals surface area contributed by atoms with Crippen LogP contribution < -0.4 is 5.32 Å². The topological polar surface area (TPSA) is 55.7 Å². The van der Waals surface area contributed by atoms with Crippen LogP contribution in [0.2, 0.25) is 0 Å². The van der Waals surface area contributed by atoms with Gasteiger partial charge in [-0.3, -0.25) is 4.90 Å². The normalized spacial score (nSPS) is 44.8. The third-order valence-corrected chi connectivity index (χ3v) is 3.58. The number of β-amino-alcohol motifs (C(OH)–C–C–N with tert-alkyl or cyclic N) is 2. The summed E-state index contributed by atoms with van der Waals surface area (Å²) < 4.78 is 0. The van der Waals surface area contributed by atoms with Gasteiger partial charge in [0.05, 0.1) is 12.2 Å². The van der Waals surface area contributed by atoms with Crippen LogP contribution in [0.15, 0.2) is 0 Å². The van der Waals surface area contributed by atoms with E-state index in [9.17, 15) is 10.2 Å². The van der Waals surface area contributed by atoms with Crippen molar-refractivity contribution >= 4 is 0 Å². The molecule has 14 heavy (non-hydrogen) atoms. The summed E-state index contributed by atoms with van der Waals surface area (Å²) in [4.78, 5) is 2.23. The van der Waals surface area contributed by atoms with Crippen LogP contribution in [0.25, 0.3) is 0 Å². The summed E-state index contributed by atoms with van der Waals surface area (Å²) in [5, 5.41) is 22.3. The summed E-state index contributed by atoms with van der Waals surface area (Å²) >= 11 is 0. The van der Waals surface area contributed by atoms with Crippen molar-refractivity contribution in [2.75, 3.05) is 26.2 Å². The summed E-state index contributed by atoms with van der Waals surface area (Å²) in [5.41, 5.74) is 0. The third-order valence-electron chi connectivity index (χ3n) is 3.58. The van der Waals surface area contributed by atoms with Crippen LogP contribution in [0.3, 0.4) is 0 Å². The maximum Gasteiger partial charge on any atom is 0.0938 e. The molecule has 3 N–H and O–H groups in total. The first kappa shape index (κ1) is 10.4. The number of rotatable bonds is 2. The molecule has 2 aliphatic rings.